The zero-order valence-corrected chi connectivity index (χ0v) is 14.2. The smallest absolute Gasteiger partial charge is 0.0337 e. The fourth-order valence-corrected chi connectivity index (χ4v) is 5.31. The Morgan fingerprint density at radius 1 is 1.38 bits per heavy atom. The summed E-state index contributed by atoms with van der Waals surface area (Å²) < 4.78 is 0. The number of nitrogens with one attached hydrogen (secondary N) is 1. The third-order valence-corrected chi connectivity index (χ3v) is 6.36. The summed E-state index contributed by atoms with van der Waals surface area (Å²) >= 11 is 2.12. The minimum atomic E-state index is 0.610. The van der Waals surface area contributed by atoms with Gasteiger partial charge in [0.25, 0.3) is 0 Å². The van der Waals surface area contributed by atoms with Gasteiger partial charge in [0.2, 0.25) is 0 Å². The lowest BCUT2D eigenvalue weighted by molar-refractivity contribution is 0.205. The molecule has 1 N–H and O–H groups in total. The van der Waals surface area contributed by atoms with Crippen LogP contribution in [0.25, 0.3) is 0 Å². The Bertz CT molecular complexity index is 462. The average Bonchev–Trinajstić information content (AvgIpc) is 2.53. The molecule has 2 nitrogen and oxygen atoms in total. The van der Waals surface area contributed by atoms with Crippen molar-refractivity contribution in [2.24, 2.45) is 0 Å². The second-order valence-electron chi connectivity index (χ2n) is 6.54. The van der Waals surface area contributed by atoms with Gasteiger partial charge < -0.3 is 10.2 Å². The van der Waals surface area contributed by atoms with Crippen molar-refractivity contribution in [2.75, 3.05) is 32.1 Å². The van der Waals surface area contributed by atoms with Crippen molar-refractivity contribution in [3.05, 3.63) is 35.4 Å². The van der Waals surface area contributed by atoms with Crippen LogP contribution in [0.3, 0.4) is 0 Å². The van der Waals surface area contributed by atoms with Crippen molar-refractivity contribution in [1.82, 2.24) is 10.2 Å². The summed E-state index contributed by atoms with van der Waals surface area (Å²) in [6.45, 7) is 1.23. The van der Waals surface area contributed by atoms with E-state index >= 15 is 0 Å². The predicted octanol–water partition coefficient (Wildman–Crippen LogP) is 3.13. The van der Waals surface area contributed by atoms with E-state index in [1.165, 1.54) is 43.7 Å². The number of hydrogen-bond acceptors (Lipinski definition) is 3. The van der Waals surface area contributed by atoms with Crippen LogP contribution in [0.1, 0.15) is 36.3 Å². The molecule has 3 unspecified atom stereocenters. The Balaban J connectivity index is 1.72. The molecule has 1 heterocycles. The molecule has 3 rings (SSSR count). The van der Waals surface area contributed by atoms with Crippen LogP contribution in [0.2, 0.25) is 0 Å². The fourth-order valence-electron chi connectivity index (χ4n) is 4.00. The van der Waals surface area contributed by atoms with E-state index in [2.05, 4.69) is 60.3 Å². The molecule has 1 aliphatic carbocycles. The lowest BCUT2D eigenvalue weighted by atomic mass is 9.78. The minimum absolute atomic E-state index is 0.610. The van der Waals surface area contributed by atoms with Gasteiger partial charge in [-0.15, -0.1) is 0 Å². The average molecular weight is 305 g/mol. The van der Waals surface area contributed by atoms with Gasteiger partial charge in [-0.1, -0.05) is 24.3 Å². The van der Waals surface area contributed by atoms with Gasteiger partial charge in [-0.05, 0) is 56.8 Å². The summed E-state index contributed by atoms with van der Waals surface area (Å²) in [5, 5.41) is 3.63. The predicted molar refractivity (Wildman–Crippen MR) is 93.3 cm³/mol. The Morgan fingerprint density at radius 3 is 3.05 bits per heavy atom. The normalized spacial score (nSPS) is 28.1. The van der Waals surface area contributed by atoms with Gasteiger partial charge in [0.05, 0.1) is 0 Å². The van der Waals surface area contributed by atoms with E-state index in [0.717, 1.165) is 5.92 Å². The number of rotatable bonds is 4. The van der Waals surface area contributed by atoms with Crippen LogP contribution in [-0.4, -0.2) is 49.1 Å². The molecule has 3 heteroatoms. The molecule has 1 aliphatic heterocycles. The van der Waals surface area contributed by atoms with E-state index < -0.39 is 0 Å². The number of fused-ring (bicyclic) bond motifs is 1. The highest BCUT2D eigenvalue weighted by Gasteiger charge is 2.30. The first-order chi connectivity index (χ1) is 10.3. The van der Waals surface area contributed by atoms with Gasteiger partial charge in [0.1, 0.15) is 0 Å². The van der Waals surface area contributed by atoms with Gasteiger partial charge in [0, 0.05) is 30.1 Å². The maximum Gasteiger partial charge on any atom is 0.0337 e. The van der Waals surface area contributed by atoms with E-state index in [1.54, 1.807) is 11.1 Å². The first-order valence-electron chi connectivity index (χ1n) is 8.32. The summed E-state index contributed by atoms with van der Waals surface area (Å²) in [6, 6.07) is 10.4. The molecule has 3 atom stereocenters. The maximum atomic E-state index is 3.63. The van der Waals surface area contributed by atoms with E-state index in [1.807, 2.05) is 0 Å². The number of thioether (sulfide) groups is 1. The zero-order chi connectivity index (χ0) is 14.7. The highest BCUT2D eigenvalue weighted by Crippen LogP contribution is 2.35. The van der Waals surface area contributed by atoms with Crippen molar-refractivity contribution in [1.29, 1.82) is 0 Å². The minimum Gasteiger partial charge on any atom is -0.315 e. The highest BCUT2D eigenvalue weighted by molar-refractivity contribution is 7.99. The van der Waals surface area contributed by atoms with E-state index in [-0.39, 0.29) is 0 Å². The molecule has 0 spiro atoms. The third-order valence-electron chi connectivity index (χ3n) is 5.31. The standard InChI is InChI=1S/C18H28N2S/c1-19-17(18-13-21-11-10-20(18)2)12-15-8-5-7-14-6-3-4-9-16(14)15/h3-4,6,9,15,17-19H,5,7-8,10-13H2,1-2H3. The maximum absolute atomic E-state index is 3.63. The molecular formula is C18H28N2S. The largest absolute Gasteiger partial charge is 0.315 e. The van der Waals surface area contributed by atoms with Gasteiger partial charge in [-0.25, -0.2) is 0 Å². The van der Waals surface area contributed by atoms with E-state index in [9.17, 15) is 0 Å². The van der Waals surface area contributed by atoms with Crippen LogP contribution in [0.15, 0.2) is 24.3 Å². The lowest BCUT2D eigenvalue weighted by Gasteiger charge is -2.39. The highest BCUT2D eigenvalue weighted by atomic mass is 32.2. The van der Waals surface area contributed by atoms with Gasteiger partial charge in [-0.2, -0.15) is 11.8 Å². The van der Waals surface area contributed by atoms with Crippen LogP contribution in [0.5, 0.6) is 0 Å². The van der Waals surface area contributed by atoms with E-state index in [0.29, 0.717) is 12.1 Å². The molecule has 0 amide bonds. The van der Waals surface area contributed by atoms with Crippen LogP contribution in [-0.2, 0) is 6.42 Å². The van der Waals surface area contributed by atoms with E-state index in [4.69, 9.17) is 0 Å². The van der Waals surface area contributed by atoms with Crippen molar-refractivity contribution >= 4 is 11.8 Å². The summed E-state index contributed by atoms with van der Waals surface area (Å²) in [5.74, 6) is 3.30. The van der Waals surface area contributed by atoms with Crippen molar-refractivity contribution < 1.29 is 0 Å². The molecule has 116 valence electrons. The molecular weight excluding hydrogens is 276 g/mol. The fraction of sp³-hybridized carbons (Fsp3) is 0.667. The molecule has 1 aromatic carbocycles. The second kappa shape index (κ2) is 7.17. The third kappa shape index (κ3) is 3.46. The number of nitrogens with zero attached hydrogens (tertiary/aromatic N) is 1. The summed E-state index contributed by atoms with van der Waals surface area (Å²) in [5.41, 5.74) is 3.21. The van der Waals surface area contributed by atoms with Crippen molar-refractivity contribution in [3.8, 4) is 0 Å². The van der Waals surface area contributed by atoms with Crippen LogP contribution in [0, 0.1) is 0 Å². The van der Waals surface area contributed by atoms with Gasteiger partial charge >= 0.3 is 0 Å². The Labute approximate surface area is 133 Å². The van der Waals surface area contributed by atoms with Crippen LogP contribution in [0.4, 0.5) is 0 Å². The summed E-state index contributed by atoms with van der Waals surface area (Å²) in [6.07, 6.45) is 5.27. The molecule has 1 saturated heterocycles. The zero-order valence-electron chi connectivity index (χ0n) is 13.3. The number of aryl methyl sites for hydroxylation is 1. The SMILES string of the molecule is CNC(CC1CCCc2ccccc21)C1CSCCN1C. The van der Waals surface area contributed by atoms with Crippen molar-refractivity contribution in [3.63, 3.8) is 0 Å². The van der Waals surface area contributed by atoms with Crippen LogP contribution < -0.4 is 5.32 Å². The topological polar surface area (TPSA) is 15.3 Å². The molecule has 1 fully saturated rings. The Kier molecular flexibility index (Phi) is 5.25. The second-order valence-corrected chi connectivity index (χ2v) is 7.69. The van der Waals surface area contributed by atoms with Gasteiger partial charge in [-0.3, -0.25) is 0 Å². The summed E-state index contributed by atoms with van der Waals surface area (Å²) in [7, 11) is 4.44. The Morgan fingerprint density at radius 2 is 2.24 bits per heavy atom. The molecule has 1 aromatic rings. The summed E-state index contributed by atoms with van der Waals surface area (Å²) in [4.78, 5) is 2.56. The quantitative estimate of drug-likeness (QED) is 0.920. The van der Waals surface area contributed by atoms with Crippen molar-refractivity contribution in [2.45, 2.75) is 43.7 Å². The molecule has 0 aromatic heterocycles. The molecule has 21 heavy (non-hydrogen) atoms. The lowest BCUT2D eigenvalue weighted by Crippen LogP contribution is -2.52. The first-order valence-corrected chi connectivity index (χ1v) is 9.48. The number of likely N-dealkylation sites (N-methyl/N-ethyl adjacent to an activating group) is 2. The monoisotopic (exact) mass is 304 g/mol. The molecule has 0 bridgehead atoms. The molecule has 0 saturated carbocycles. The Hall–Kier alpha value is -0.510. The number of benzene rings is 1. The first kappa shape index (κ1) is 15.4. The molecule has 2 aliphatic rings. The van der Waals surface area contributed by atoms with Gasteiger partial charge in [0.15, 0.2) is 0 Å². The van der Waals surface area contributed by atoms with Crippen LogP contribution >= 0.6 is 11.8 Å². The number of hydrogen-bond donors (Lipinski definition) is 1. The molecule has 0 radical (unpaired) electrons.